The second-order valence-electron chi connectivity index (χ2n) is 5.50. The first-order valence-electron chi connectivity index (χ1n) is 6.53. The molecule has 0 saturated carbocycles. The van der Waals surface area contributed by atoms with Crippen LogP contribution < -0.4 is 5.32 Å². The molecule has 5 nitrogen and oxygen atoms in total. The SMILES string of the molecule is CC(C)(CCO)NCc1ccc2oc(C(=O)O)cc2c1. The summed E-state index contributed by atoms with van der Waals surface area (Å²) in [6, 6.07) is 7.12. The molecule has 1 aromatic heterocycles. The fraction of sp³-hybridized carbons (Fsp3) is 0.400. The van der Waals surface area contributed by atoms with Gasteiger partial charge in [-0.25, -0.2) is 4.79 Å². The summed E-state index contributed by atoms with van der Waals surface area (Å²) in [6.45, 7) is 4.85. The van der Waals surface area contributed by atoms with Crippen LogP contribution in [0.2, 0.25) is 0 Å². The summed E-state index contributed by atoms with van der Waals surface area (Å²) in [6.07, 6.45) is 0.671. The van der Waals surface area contributed by atoms with Crippen molar-refractivity contribution in [2.45, 2.75) is 32.4 Å². The maximum Gasteiger partial charge on any atom is 0.371 e. The summed E-state index contributed by atoms with van der Waals surface area (Å²) in [5, 5.41) is 22.0. The van der Waals surface area contributed by atoms with Gasteiger partial charge in [0.05, 0.1) is 0 Å². The van der Waals surface area contributed by atoms with E-state index in [0.717, 1.165) is 10.9 Å². The molecule has 2 rings (SSSR count). The molecule has 0 spiro atoms. The lowest BCUT2D eigenvalue weighted by Gasteiger charge is -2.25. The largest absolute Gasteiger partial charge is 0.475 e. The highest BCUT2D eigenvalue weighted by Crippen LogP contribution is 2.21. The Morgan fingerprint density at radius 3 is 2.75 bits per heavy atom. The number of aliphatic hydroxyl groups is 1. The van der Waals surface area contributed by atoms with Crippen LogP contribution in [0, 0.1) is 0 Å². The zero-order valence-electron chi connectivity index (χ0n) is 11.6. The Balaban J connectivity index is 2.13. The number of furan rings is 1. The molecule has 1 aromatic carbocycles. The van der Waals surface area contributed by atoms with Crippen molar-refractivity contribution in [2.24, 2.45) is 0 Å². The molecule has 3 N–H and O–H groups in total. The molecule has 5 heteroatoms. The topological polar surface area (TPSA) is 82.7 Å². The van der Waals surface area contributed by atoms with Crippen LogP contribution in [-0.2, 0) is 6.54 Å². The number of carboxylic acids is 1. The summed E-state index contributed by atoms with van der Waals surface area (Å²) >= 11 is 0. The van der Waals surface area contributed by atoms with Crippen LogP contribution in [0.1, 0.15) is 36.4 Å². The van der Waals surface area contributed by atoms with E-state index in [1.54, 1.807) is 6.07 Å². The number of nitrogens with one attached hydrogen (secondary N) is 1. The Morgan fingerprint density at radius 1 is 1.35 bits per heavy atom. The highest BCUT2D eigenvalue weighted by atomic mass is 16.4. The average molecular weight is 277 g/mol. The number of hydrogen-bond acceptors (Lipinski definition) is 4. The van der Waals surface area contributed by atoms with Gasteiger partial charge in [-0.05, 0) is 44.0 Å². The molecule has 2 aromatic rings. The number of rotatable bonds is 6. The Labute approximate surface area is 117 Å². The average Bonchev–Trinajstić information content (AvgIpc) is 2.79. The van der Waals surface area contributed by atoms with Crippen LogP contribution in [0.5, 0.6) is 0 Å². The molecule has 0 fully saturated rings. The molecule has 1 heterocycles. The molecule has 0 radical (unpaired) electrons. The fourth-order valence-corrected chi connectivity index (χ4v) is 2.02. The Hall–Kier alpha value is -1.85. The van der Waals surface area contributed by atoms with Crippen LogP contribution in [0.25, 0.3) is 11.0 Å². The number of aromatic carboxylic acids is 1. The zero-order chi connectivity index (χ0) is 14.8. The predicted molar refractivity (Wildman–Crippen MR) is 75.8 cm³/mol. The smallest absolute Gasteiger partial charge is 0.371 e. The van der Waals surface area contributed by atoms with Crippen molar-refractivity contribution in [2.75, 3.05) is 6.61 Å². The number of hydrogen-bond donors (Lipinski definition) is 3. The van der Waals surface area contributed by atoms with E-state index in [9.17, 15) is 4.79 Å². The summed E-state index contributed by atoms with van der Waals surface area (Å²) in [7, 11) is 0. The number of fused-ring (bicyclic) bond motifs is 1. The summed E-state index contributed by atoms with van der Waals surface area (Å²) in [5.41, 5.74) is 1.47. The lowest BCUT2D eigenvalue weighted by Crippen LogP contribution is -2.39. The number of aliphatic hydroxyl groups excluding tert-OH is 1. The number of carbonyl (C=O) groups is 1. The monoisotopic (exact) mass is 277 g/mol. The van der Waals surface area contributed by atoms with Gasteiger partial charge in [-0.2, -0.15) is 0 Å². The van der Waals surface area contributed by atoms with Gasteiger partial charge in [0, 0.05) is 24.1 Å². The first-order chi connectivity index (χ1) is 9.41. The molecule has 0 aliphatic rings. The molecular formula is C15H19NO4. The highest BCUT2D eigenvalue weighted by molar-refractivity contribution is 5.91. The van der Waals surface area contributed by atoms with E-state index in [-0.39, 0.29) is 17.9 Å². The van der Waals surface area contributed by atoms with E-state index in [4.69, 9.17) is 14.6 Å². The third-order valence-electron chi connectivity index (χ3n) is 3.30. The van der Waals surface area contributed by atoms with Crippen molar-refractivity contribution < 1.29 is 19.4 Å². The van der Waals surface area contributed by atoms with E-state index in [2.05, 4.69) is 5.32 Å². The van der Waals surface area contributed by atoms with Gasteiger partial charge >= 0.3 is 5.97 Å². The highest BCUT2D eigenvalue weighted by Gasteiger charge is 2.16. The first-order valence-corrected chi connectivity index (χ1v) is 6.53. The Bertz CT molecular complexity index is 615. The first kappa shape index (κ1) is 14.6. The minimum absolute atomic E-state index is 0.0503. The van der Waals surface area contributed by atoms with Crippen LogP contribution in [0.3, 0.4) is 0 Å². The van der Waals surface area contributed by atoms with Crippen LogP contribution >= 0.6 is 0 Å². The molecule has 0 amide bonds. The summed E-state index contributed by atoms with van der Waals surface area (Å²) < 4.78 is 5.22. The second kappa shape index (κ2) is 5.64. The molecule has 0 saturated heterocycles. The summed E-state index contributed by atoms with van der Waals surface area (Å²) in [5.74, 6) is -1.12. The van der Waals surface area contributed by atoms with Gasteiger partial charge in [0.2, 0.25) is 5.76 Å². The van der Waals surface area contributed by atoms with E-state index >= 15 is 0 Å². The van der Waals surface area contributed by atoms with Gasteiger partial charge in [0.15, 0.2) is 0 Å². The van der Waals surface area contributed by atoms with E-state index in [0.29, 0.717) is 18.5 Å². The Kier molecular flexibility index (Phi) is 4.11. The zero-order valence-corrected chi connectivity index (χ0v) is 11.6. The van der Waals surface area contributed by atoms with Gasteiger partial charge in [-0.3, -0.25) is 0 Å². The predicted octanol–water partition coefficient (Wildman–Crippen LogP) is 2.38. The normalized spacial score (nSPS) is 11.9. The summed E-state index contributed by atoms with van der Waals surface area (Å²) in [4.78, 5) is 10.9. The third kappa shape index (κ3) is 3.37. The molecule has 108 valence electrons. The molecule has 0 atom stereocenters. The van der Waals surface area contributed by atoms with E-state index in [1.165, 1.54) is 6.07 Å². The lowest BCUT2D eigenvalue weighted by atomic mass is 10.0. The van der Waals surface area contributed by atoms with E-state index < -0.39 is 5.97 Å². The van der Waals surface area contributed by atoms with Crippen molar-refractivity contribution in [3.05, 3.63) is 35.6 Å². The quantitative estimate of drug-likeness (QED) is 0.755. The van der Waals surface area contributed by atoms with Crippen molar-refractivity contribution in [3.63, 3.8) is 0 Å². The molecule has 0 aliphatic heterocycles. The van der Waals surface area contributed by atoms with E-state index in [1.807, 2.05) is 26.0 Å². The second-order valence-corrected chi connectivity index (χ2v) is 5.50. The molecule has 0 bridgehead atoms. The lowest BCUT2D eigenvalue weighted by molar-refractivity contribution is 0.0665. The van der Waals surface area contributed by atoms with Crippen molar-refractivity contribution in [1.29, 1.82) is 0 Å². The van der Waals surface area contributed by atoms with Gasteiger partial charge in [0.1, 0.15) is 5.58 Å². The van der Waals surface area contributed by atoms with Crippen LogP contribution in [0.4, 0.5) is 0 Å². The van der Waals surface area contributed by atoms with Gasteiger partial charge in [-0.15, -0.1) is 0 Å². The number of carboxylic acid groups (broad SMARTS) is 1. The standard InChI is InChI=1S/C15H19NO4/c1-15(2,5-6-17)16-9-10-3-4-12-11(7-10)8-13(20-12)14(18)19/h3-4,7-8,16-17H,5-6,9H2,1-2H3,(H,18,19). The minimum atomic E-state index is -1.06. The minimum Gasteiger partial charge on any atom is -0.475 e. The maximum atomic E-state index is 10.9. The maximum absolute atomic E-state index is 10.9. The molecule has 20 heavy (non-hydrogen) atoms. The van der Waals surface area contributed by atoms with Crippen molar-refractivity contribution in [1.82, 2.24) is 5.32 Å². The third-order valence-corrected chi connectivity index (χ3v) is 3.30. The van der Waals surface area contributed by atoms with Gasteiger partial charge in [0.25, 0.3) is 0 Å². The van der Waals surface area contributed by atoms with Gasteiger partial charge < -0.3 is 19.9 Å². The fourth-order valence-electron chi connectivity index (χ4n) is 2.02. The molecule has 0 aliphatic carbocycles. The van der Waals surface area contributed by atoms with Crippen LogP contribution in [0.15, 0.2) is 28.7 Å². The van der Waals surface area contributed by atoms with Crippen molar-refractivity contribution >= 4 is 16.9 Å². The molecular weight excluding hydrogens is 258 g/mol. The van der Waals surface area contributed by atoms with Crippen LogP contribution in [-0.4, -0.2) is 28.3 Å². The number of benzene rings is 1. The molecule has 0 unspecified atom stereocenters. The Morgan fingerprint density at radius 2 is 2.10 bits per heavy atom. The van der Waals surface area contributed by atoms with Gasteiger partial charge in [-0.1, -0.05) is 6.07 Å². The van der Waals surface area contributed by atoms with Crippen molar-refractivity contribution in [3.8, 4) is 0 Å².